The number of phenolic OH excluding ortho intramolecular Hbond substituents is 2. The first-order chi connectivity index (χ1) is 17.2. The number of aromatic hydroxyl groups is 2. The molecule has 0 aliphatic carbocycles. The highest BCUT2D eigenvalue weighted by molar-refractivity contribution is 5.65. The van der Waals surface area contributed by atoms with Gasteiger partial charge in [-0.25, -0.2) is 9.97 Å². The maximum atomic E-state index is 11.0. The summed E-state index contributed by atoms with van der Waals surface area (Å²) in [6.45, 7) is 25.0. The molecule has 1 aromatic heterocycles. The lowest BCUT2D eigenvalue weighted by atomic mass is 9.79. The Morgan fingerprint density at radius 3 is 1.00 bits per heavy atom. The van der Waals surface area contributed by atoms with E-state index < -0.39 is 0 Å². The molecule has 0 atom stereocenters. The fourth-order valence-electron chi connectivity index (χ4n) is 4.38. The highest BCUT2D eigenvalue weighted by Crippen LogP contribution is 2.43. The second kappa shape index (κ2) is 9.75. The van der Waals surface area contributed by atoms with Gasteiger partial charge in [0.25, 0.3) is 0 Å². The fourth-order valence-corrected chi connectivity index (χ4v) is 4.38. The molecule has 7 nitrogen and oxygen atoms in total. The second-order valence-electron chi connectivity index (χ2n) is 14.2. The number of aromatic nitrogens is 3. The molecule has 0 aliphatic heterocycles. The van der Waals surface area contributed by atoms with Gasteiger partial charge in [0.05, 0.1) is 0 Å². The van der Waals surface area contributed by atoms with E-state index in [2.05, 4.69) is 109 Å². The minimum atomic E-state index is -0.248. The zero-order valence-electron chi connectivity index (χ0n) is 25.1. The van der Waals surface area contributed by atoms with Gasteiger partial charge >= 0.3 is 0 Å². The molecular weight excluding hydrogens is 474 g/mol. The molecule has 0 radical (unpaired) electrons. The van der Waals surface area contributed by atoms with Crippen LogP contribution in [0.1, 0.15) is 105 Å². The molecule has 0 amide bonds. The molecule has 0 saturated heterocycles. The Bertz CT molecular complexity index is 1150. The van der Waals surface area contributed by atoms with E-state index in [0.29, 0.717) is 23.4 Å². The van der Waals surface area contributed by atoms with Crippen molar-refractivity contribution in [2.75, 3.05) is 10.6 Å². The first-order valence-corrected chi connectivity index (χ1v) is 13.2. The van der Waals surface area contributed by atoms with Crippen LogP contribution in [0.2, 0.25) is 0 Å². The van der Waals surface area contributed by atoms with Crippen LogP contribution in [-0.4, -0.2) is 25.2 Å². The molecule has 0 fully saturated rings. The normalized spacial score (nSPS) is 12.9. The van der Waals surface area contributed by atoms with Gasteiger partial charge in [0.15, 0.2) is 0 Å². The average Bonchev–Trinajstić information content (AvgIpc) is 2.73. The second-order valence-corrected chi connectivity index (χ2v) is 14.2. The quantitative estimate of drug-likeness (QED) is 0.259. The van der Waals surface area contributed by atoms with Gasteiger partial charge in [-0.3, -0.25) is 0 Å². The average molecular weight is 520 g/mol. The first kappa shape index (κ1) is 29.2. The van der Waals surface area contributed by atoms with Gasteiger partial charge in [-0.2, -0.15) is 4.98 Å². The van der Waals surface area contributed by atoms with Crippen LogP contribution in [-0.2, 0) is 21.7 Å². The summed E-state index contributed by atoms with van der Waals surface area (Å²) < 4.78 is 0. The Kier molecular flexibility index (Phi) is 7.50. The number of anilines is 4. The zero-order valence-corrected chi connectivity index (χ0v) is 25.1. The predicted octanol–water partition coefficient (Wildman–Crippen LogP) is 7.96. The number of nitrogens with zero attached hydrogens (tertiary/aromatic N) is 3. The minimum Gasteiger partial charge on any atom is -0.507 e. The lowest BCUT2D eigenvalue weighted by Crippen LogP contribution is -2.18. The Morgan fingerprint density at radius 2 is 0.763 bits per heavy atom. The van der Waals surface area contributed by atoms with Crippen molar-refractivity contribution in [3.8, 4) is 11.5 Å². The lowest BCUT2D eigenvalue weighted by Gasteiger charge is -2.28. The van der Waals surface area contributed by atoms with Crippen LogP contribution in [0.25, 0.3) is 0 Å². The number of phenols is 2. The number of hydrogen-bond donors (Lipinski definition) is 4. The topological polar surface area (TPSA) is 103 Å². The molecule has 3 aromatic rings. The van der Waals surface area contributed by atoms with Crippen molar-refractivity contribution in [3.05, 3.63) is 52.8 Å². The van der Waals surface area contributed by atoms with Crippen molar-refractivity contribution in [2.45, 2.75) is 105 Å². The number of hydrogen-bond acceptors (Lipinski definition) is 7. The predicted molar refractivity (Wildman–Crippen MR) is 157 cm³/mol. The van der Waals surface area contributed by atoms with Crippen molar-refractivity contribution >= 4 is 23.3 Å². The monoisotopic (exact) mass is 519 g/mol. The van der Waals surface area contributed by atoms with E-state index in [0.717, 1.165) is 33.6 Å². The molecule has 206 valence electrons. The van der Waals surface area contributed by atoms with E-state index in [1.54, 1.807) is 0 Å². The van der Waals surface area contributed by atoms with Gasteiger partial charge < -0.3 is 20.8 Å². The molecule has 0 spiro atoms. The maximum absolute atomic E-state index is 11.0. The van der Waals surface area contributed by atoms with E-state index in [1.807, 2.05) is 24.3 Å². The van der Waals surface area contributed by atoms with Crippen molar-refractivity contribution in [1.82, 2.24) is 15.0 Å². The summed E-state index contributed by atoms with van der Waals surface area (Å²) in [6, 6.07) is 7.80. The number of nitrogens with one attached hydrogen (secondary N) is 2. The van der Waals surface area contributed by atoms with Crippen LogP contribution < -0.4 is 10.6 Å². The summed E-state index contributed by atoms with van der Waals surface area (Å²) in [5.74, 6) is 1.42. The lowest BCUT2D eigenvalue weighted by molar-refractivity contribution is 0.422. The molecule has 0 unspecified atom stereocenters. The number of rotatable bonds is 4. The van der Waals surface area contributed by atoms with Gasteiger partial charge in [-0.05, 0) is 45.9 Å². The van der Waals surface area contributed by atoms with E-state index in [9.17, 15) is 10.2 Å². The molecule has 0 bridgehead atoms. The molecule has 0 aliphatic rings. The van der Waals surface area contributed by atoms with E-state index in [1.165, 1.54) is 6.33 Å². The van der Waals surface area contributed by atoms with Crippen molar-refractivity contribution < 1.29 is 10.2 Å². The Labute approximate surface area is 228 Å². The van der Waals surface area contributed by atoms with Gasteiger partial charge in [0.2, 0.25) is 11.9 Å². The summed E-state index contributed by atoms with van der Waals surface area (Å²) in [5, 5.41) is 28.7. The third-order valence-electron chi connectivity index (χ3n) is 6.54. The molecule has 4 N–H and O–H groups in total. The Hall–Kier alpha value is -3.35. The summed E-state index contributed by atoms with van der Waals surface area (Å²) >= 11 is 0. The zero-order chi connectivity index (χ0) is 28.8. The summed E-state index contributed by atoms with van der Waals surface area (Å²) in [6.07, 6.45) is 1.46. The first-order valence-electron chi connectivity index (χ1n) is 13.2. The third kappa shape index (κ3) is 6.55. The van der Waals surface area contributed by atoms with Gasteiger partial charge in [0, 0.05) is 33.6 Å². The van der Waals surface area contributed by atoms with Crippen LogP contribution in [0.4, 0.5) is 23.3 Å². The largest absolute Gasteiger partial charge is 0.507 e. The Morgan fingerprint density at radius 1 is 0.500 bits per heavy atom. The van der Waals surface area contributed by atoms with Crippen LogP contribution in [0.3, 0.4) is 0 Å². The molecule has 2 aromatic carbocycles. The maximum Gasteiger partial charge on any atom is 0.232 e. The van der Waals surface area contributed by atoms with Crippen LogP contribution in [0, 0.1) is 0 Å². The van der Waals surface area contributed by atoms with Gasteiger partial charge in [0.1, 0.15) is 17.8 Å². The third-order valence-corrected chi connectivity index (χ3v) is 6.54. The molecule has 7 heteroatoms. The SMILES string of the molecule is CC(C)(C)c1cc(Nc2ncnc(Nc3cc(C(C)(C)C)c(O)c(C(C)(C)C)c3)n2)cc(C(C)(C)C)c1O. The molecular formula is C31H45N5O2. The summed E-state index contributed by atoms with van der Waals surface area (Å²) in [4.78, 5) is 13.3. The Balaban J connectivity index is 2.01. The van der Waals surface area contributed by atoms with Gasteiger partial charge in [-0.15, -0.1) is 0 Å². The van der Waals surface area contributed by atoms with Crippen LogP contribution in [0.15, 0.2) is 30.6 Å². The van der Waals surface area contributed by atoms with Crippen molar-refractivity contribution in [2.24, 2.45) is 0 Å². The van der Waals surface area contributed by atoms with Crippen LogP contribution >= 0.6 is 0 Å². The fraction of sp³-hybridized carbons (Fsp3) is 0.516. The van der Waals surface area contributed by atoms with E-state index in [-0.39, 0.29) is 21.7 Å². The standard InChI is InChI=1S/C31H45N5O2/c1-28(2,3)20-13-18(14-21(24(20)37)29(4,5)6)34-26-32-17-33-27(36-26)35-19-15-22(30(7,8)9)25(38)23(16-19)31(10,11)12/h13-17,37-38H,1-12H3,(H2,32,33,34,35,36). The van der Waals surface area contributed by atoms with E-state index >= 15 is 0 Å². The smallest absolute Gasteiger partial charge is 0.232 e. The highest BCUT2D eigenvalue weighted by Gasteiger charge is 2.28. The molecule has 3 rings (SSSR count). The van der Waals surface area contributed by atoms with Crippen LogP contribution in [0.5, 0.6) is 11.5 Å². The minimum absolute atomic E-state index is 0.248. The molecule has 1 heterocycles. The molecule has 38 heavy (non-hydrogen) atoms. The van der Waals surface area contributed by atoms with E-state index in [4.69, 9.17) is 0 Å². The summed E-state index contributed by atoms with van der Waals surface area (Å²) in [5.41, 5.74) is 4.02. The summed E-state index contributed by atoms with van der Waals surface area (Å²) in [7, 11) is 0. The highest BCUT2D eigenvalue weighted by atomic mass is 16.3. The van der Waals surface area contributed by atoms with Crippen molar-refractivity contribution in [3.63, 3.8) is 0 Å². The van der Waals surface area contributed by atoms with Gasteiger partial charge in [-0.1, -0.05) is 83.1 Å². The van der Waals surface area contributed by atoms with Crippen molar-refractivity contribution in [1.29, 1.82) is 0 Å². The molecule has 0 saturated carbocycles. The number of benzene rings is 2.